The van der Waals surface area contributed by atoms with Crippen LogP contribution in [0.4, 0.5) is 4.39 Å². The molecule has 0 atom stereocenters. The van der Waals surface area contributed by atoms with E-state index in [1.807, 2.05) is 30.3 Å². The SMILES string of the molecule is O=C(/C=C/c1ccccc1)O/N=C(\c1ccc(F)cc1)c1cccnc1. The Hall–Kier alpha value is -3.60. The van der Waals surface area contributed by atoms with Crippen LogP contribution in [-0.2, 0) is 9.63 Å². The van der Waals surface area contributed by atoms with Crippen LogP contribution in [0, 0.1) is 5.82 Å². The van der Waals surface area contributed by atoms with Crippen LogP contribution >= 0.6 is 0 Å². The van der Waals surface area contributed by atoms with Gasteiger partial charge >= 0.3 is 5.97 Å². The van der Waals surface area contributed by atoms with Crippen molar-refractivity contribution in [1.29, 1.82) is 0 Å². The van der Waals surface area contributed by atoms with Crippen molar-refractivity contribution in [3.05, 3.63) is 108 Å². The lowest BCUT2D eigenvalue weighted by Crippen LogP contribution is -2.07. The number of hydrogen-bond donors (Lipinski definition) is 0. The molecule has 0 amide bonds. The summed E-state index contributed by atoms with van der Waals surface area (Å²) in [4.78, 5) is 21.0. The van der Waals surface area contributed by atoms with Crippen molar-refractivity contribution < 1.29 is 14.0 Å². The second kappa shape index (κ2) is 8.48. The van der Waals surface area contributed by atoms with Crippen LogP contribution in [-0.4, -0.2) is 16.7 Å². The quantitative estimate of drug-likeness (QED) is 0.301. The Morgan fingerprint density at radius 1 is 0.962 bits per heavy atom. The average Bonchev–Trinajstić information content (AvgIpc) is 2.69. The van der Waals surface area contributed by atoms with Gasteiger partial charge in [0.2, 0.25) is 0 Å². The number of rotatable bonds is 5. The molecule has 0 aliphatic carbocycles. The van der Waals surface area contributed by atoms with E-state index >= 15 is 0 Å². The number of carbonyl (C=O) groups excluding carboxylic acids is 1. The molecule has 0 unspecified atom stereocenters. The highest BCUT2D eigenvalue weighted by Crippen LogP contribution is 2.12. The van der Waals surface area contributed by atoms with Crippen molar-refractivity contribution in [3.8, 4) is 0 Å². The molecule has 2 aromatic carbocycles. The Labute approximate surface area is 150 Å². The average molecular weight is 346 g/mol. The van der Waals surface area contributed by atoms with E-state index in [9.17, 15) is 9.18 Å². The standard InChI is InChI=1S/C21H15FN2O2/c22-19-11-9-17(10-12-19)21(18-7-4-14-23-15-18)24-26-20(25)13-8-16-5-2-1-3-6-16/h1-15H/b13-8+,24-21+. The van der Waals surface area contributed by atoms with E-state index in [-0.39, 0.29) is 5.82 Å². The molecule has 4 nitrogen and oxygen atoms in total. The molecule has 3 rings (SSSR count). The normalized spacial score (nSPS) is 11.5. The molecule has 0 N–H and O–H groups in total. The molecular weight excluding hydrogens is 331 g/mol. The van der Waals surface area contributed by atoms with Crippen LogP contribution < -0.4 is 0 Å². The summed E-state index contributed by atoms with van der Waals surface area (Å²) in [5.41, 5.74) is 2.53. The zero-order chi connectivity index (χ0) is 18.2. The Bertz CT molecular complexity index is 921. The minimum absolute atomic E-state index is 0.359. The fourth-order valence-corrected chi connectivity index (χ4v) is 2.23. The number of carbonyl (C=O) groups is 1. The molecule has 26 heavy (non-hydrogen) atoms. The smallest absolute Gasteiger partial charge is 0.313 e. The van der Waals surface area contributed by atoms with Crippen LogP contribution in [0.3, 0.4) is 0 Å². The molecule has 0 bridgehead atoms. The molecule has 0 aliphatic rings. The fourth-order valence-electron chi connectivity index (χ4n) is 2.23. The van der Waals surface area contributed by atoms with Gasteiger partial charge in [0.05, 0.1) is 0 Å². The Kier molecular flexibility index (Phi) is 5.62. The number of aromatic nitrogens is 1. The lowest BCUT2D eigenvalue weighted by Gasteiger charge is -2.05. The van der Waals surface area contributed by atoms with Crippen molar-refractivity contribution in [1.82, 2.24) is 4.98 Å². The molecule has 1 heterocycles. The molecule has 0 saturated heterocycles. The number of halogens is 1. The van der Waals surface area contributed by atoms with Gasteiger partial charge in [-0.05, 0) is 48.0 Å². The topological polar surface area (TPSA) is 51.5 Å². The molecule has 1 aromatic heterocycles. The minimum atomic E-state index is -0.614. The highest BCUT2D eigenvalue weighted by Gasteiger charge is 2.09. The summed E-state index contributed by atoms with van der Waals surface area (Å²) >= 11 is 0. The Morgan fingerprint density at radius 3 is 2.42 bits per heavy atom. The molecule has 3 aromatic rings. The number of oxime groups is 1. The van der Waals surface area contributed by atoms with E-state index in [1.54, 1.807) is 42.7 Å². The predicted molar refractivity (Wildman–Crippen MR) is 97.8 cm³/mol. The van der Waals surface area contributed by atoms with Crippen molar-refractivity contribution in [2.24, 2.45) is 5.16 Å². The molecule has 0 aliphatic heterocycles. The maximum absolute atomic E-state index is 13.2. The maximum Gasteiger partial charge on any atom is 0.358 e. The summed E-state index contributed by atoms with van der Waals surface area (Å²) in [6.07, 6.45) is 6.15. The number of benzene rings is 2. The predicted octanol–water partition coefficient (Wildman–Crippen LogP) is 4.23. The van der Waals surface area contributed by atoms with Gasteiger partial charge in [-0.2, -0.15) is 0 Å². The molecule has 0 saturated carbocycles. The van der Waals surface area contributed by atoms with E-state index in [0.717, 1.165) is 5.56 Å². The van der Waals surface area contributed by atoms with Crippen molar-refractivity contribution in [2.75, 3.05) is 0 Å². The van der Waals surface area contributed by atoms with Crippen LogP contribution in [0.15, 0.2) is 90.4 Å². The summed E-state index contributed by atoms with van der Waals surface area (Å²) in [6.45, 7) is 0. The van der Waals surface area contributed by atoms with Gasteiger partial charge in [-0.25, -0.2) is 9.18 Å². The lowest BCUT2D eigenvalue weighted by atomic mass is 10.0. The number of nitrogens with zero attached hydrogens (tertiary/aromatic N) is 2. The minimum Gasteiger partial charge on any atom is -0.313 e. The summed E-state index contributed by atoms with van der Waals surface area (Å²) in [7, 11) is 0. The highest BCUT2D eigenvalue weighted by molar-refractivity contribution is 6.12. The number of hydrogen-bond acceptors (Lipinski definition) is 4. The molecule has 0 spiro atoms. The second-order valence-corrected chi connectivity index (χ2v) is 5.34. The first kappa shape index (κ1) is 17.2. The van der Waals surface area contributed by atoms with Gasteiger partial charge in [0.15, 0.2) is 0 Å². The third-order valence-electron chi connectivity index (χ3n) is 3.49. The first-order valence-corrected chi connectivity index (χ1v) is 7.91. The van der Waals surface area contributed by atoms with E-state index in [1.165, 1.54) is 18.2 Å². The van der Waals surface area contributed by atoms with Crippen molar-refractivity contribution in [2.45, 2.75) is 0 Å². The van der Waals surface area contributed by atoms with E-state index < -0.39 is 5.97 Å². The Morgan fingerprint density at radius 2 is 1.73 bits per heavy atom. The third-order valence-corrected chi connectivity index (χ3v) is 3.49. The zero-order valence-electron chi connectivity index (χ0n) is 13.7. The van der Waals surface area contributed by atoms with Crippen molar-refractivity contribution in [3.63, 3.8) is 0 Å². The van der Waals surface area contributed by atoms with Gasteiger partial charge in [-0.1, -0.05) is 35.5 Å². The van der Waals surface area contributed by atoms with Gasteiger partial charge in [-0.15, -0.1) is 0 Å². The molecule has 5 heteroatoms. The first-order valence-electron chi connectivity index (χ1n) is 7.91. The van der Waals surface area contributed by atoms with Gasteiger partial charge in [0, 0.05) is 29.6 Å². The largest absolute Gasteiger partial charge is 0.358 e. The number of pyridine rings is 1. The highest BCUT2D eigenvalue weighted by atomic mass is 19.1. The van der Waals surface area contributed by atoms with Crippen LogP contribution in [0.5, 0.6) is 0 Å². The third kappa shape index (κ3) is 4.70. The van der Waals surface area contributed by atoms with Crippen LogP contribution in [0.2, 0.25) is 0 Å². The van der Waals surface area contributed by atoms with Crippen LogP contribution in [0.25, 0.3) is 6.08 Å². The molecular formula is C21H15FN2O2. The monoisotopic (exact) mass is 346 g/mol. The molecule has 0 fully saturated rings. The van der Waals surface area contributed by atoms with Gasteiger partial charge in [0.1, 0.15) is 11.5 Å². The fraction of sp³-hybridized carbons (Fsp3) is 0. The van der Waals surface area contributed by atoms with Gasteiger partial charge in [-0.3, -0.25) is 4.98 Å². The van der Waals surface area contributed by atoms with Crippen LogP contribution in [0.1, 0.15) is 16.7 Å². The maximum atomic E-state index is 13.2. The van der Waals surface area contributed by atoms with E-state index in [4.69, 9.17) is 4.84 Å². The van der Waals surface area contributed by atoms with Gasteiger partial charge < -0.3 is 4.84 Å². The summed E-state index contributed by atoms with van der Waals surface area (Å²) in [5.74, 6) is -0.973. The van der Waals surface area contributed by atoms with E-state index in [2.05, 4.69) is 10.1 Å². The second-order valence-electron chi connectivity index (χ2n) is 5.34. The first-order chi connectivity index (χ1) is 12.7. The molecule has 128 valence electrons. The summed E-state index contributed by atoms with van der Waals surface area (Å²) in [5, 5.41) is 3.96. The molecule has 0 radical (unpaired) electrons. The Balaban J connectivity index is 1.81. The van der Waals surface area contributed by atoms with Crippen molar-refractivity contribution >= 4 is 17.8 Å². The summed E-state index contributed by atoms with van der Waals surface area (Å²) in [6, 6.07) is 18.7. The zero-order valence-corrected chi connectivity index (χ0v) is 13.7. The summed E-state index contributed by atoms with van der Waals surface area (Å²) < 4.78 is 13.2. The lowest BCUT2D eigenvalue weighted by molar-refractivity contribution is -0.137. The van der Waals surface area contributed by atoms with Gasteiger partial charge in [0.25, 0.3) is 0 Å². The van der Waals surface area contributed by atoms with E-state index in [0.29, 0.717) is 16.8 Å².